The highest BCUT2D eigenvalue weighted by Crippen LogP contribution is 2.37. The van der Waals surface area contributed by atoms with Gasteiger partial charge in [-0.05, 0) is 60.0 Å². The fraction of sp³-hybridized carbons (Fsp3) is 0.250. The Morgan fingerprint density at radius 2 is 1.85 bits per heavy atom. The van der Waals surface area contributed by atoms with Gasteiger partial charge >= 0.3 is 0 Å². The van der Waals surface area contributed by atoms with E-state index in [1.54, 1.807) is 31.2 Å². The van der Waals surface area contributed by atoms with Crippen LogP contribution in [0.1, 0.15) is 30.7 Å². The number of aromatic amines is 1. The molecule has 0 spiro atoms. The lowest BCUT2D eigenvalue weighted by Crippen LogP contribution is -2.41. The second-order valence-electron chi connectivity index (χ2n) is 8.06. The maximum absolute atomic E-state index is 14.0. The number of rotatable bonds is 7. The van der Waals surface area contributed by atoms with Crippen molar-refractivity contribution in [2.45, 2.75) is 39.5 Å². The molecule has 0 atom stereocenters. The van der Waals surface area contributed by atoms with Gasteiger partial charge in [0.2, 0.25) is 0 Å². The van der Waals surface area contributed by atoms with Crippen molar-refractivity contribution >= 4 is 21.8 Å². The summed E-state index contributed by atoms with van der Waals surface area (Å²) in [5, 5.41) is 12.4. The first-order valence-corrected chi connectivity index (χ1v) is 10.9. The van der Waals surface area contributed by atoms with Crippen molar-refractivity contribution in [3.63, 3.8) is 0 Å². The molecule has 0 saturated heterocycles. The van der Waals surface area contributed by atoms with Crippen LogP contribution in [0.25, 0.3) is 11.1 Å². The molecule has 9 heteroatoms. The Labute approximate surface area is 197 Å². The van der Waals surface area contributed by atoms with Gasteiger partial charge in [-0.1, -0.05) is 24.3 Å². The van der Waals surface area contributed by atoms with Gasteiger partial charge in [0.05, 0.1) is 0 Å². The zero-order chi connectivity index (χ0) is 24.3. The number of ether oxygens (including phenoxy) is 1. The number of aliphatic hydroxyl groups is 1. The Balaban J connectivity index is 1.89. The first-order chi connectivity index (χ1) is 15.5. The van der Waals surface area contributed by atoms with Crippen LogP contribution in [0.2, 0.25) is 0 Å². The predicted octanol–water partition coefficient (Wildman–Crippen LogP) is 4.36. The Morgan fingerprint density at radius 1 is 1.18 bits per heavy atom. The zero-order valence-corrected chi connectivity index (χ0v) is 19.8. The molecule has 0 aliphatic rings. The number of aromatic nitrogens is 1. The van der Waals surface area contributed by atoms with E-state index >= 15 is 0 Å². The lowest BCUT2D eigenvalue weighted by molar-refractivity contribution is -0.136. The number of aryl methyl sites for hydroxylation is 1. The minimum Gasteiger partial charge on any atom is -0.487 e. The standard InChI is InChI=1S/C24H23BrF2N2O4/c1-13-19(15-6-4-14(5-7-15)11-28-23(31)24(2,3)32)21(20(25)22(30)29-13)33-12-16-8-9-17(26)10-18(16)27/h4-10,32H,11-12H2,1-3H3,(H,28,31)(H,29,30). The number of nitrogens with one attached hydrogen (secondary N) is 2. The van der Waals surface area contributed by atoms with E-state index in [1.165, 1.54) is 19.9 Å². The molecule has 33 heavy (non-hydrogen) atoms. The molecule has 6 nitrogen and oxygen atoms in total. The van der Waals surface area contributed by atoms with Crippen molar-refractivity contribution in [3.8, 4) is 16.9 Å². The Morgan fingerprint density at radius 3 is 2.45 bits per heavy atom. The van der Waals surface area contributed by atoms with Crippen LogP contribution < -0.4 is 15.6 Å². The third-order valence-corrected chi connectivity index (χ3v) is 5.66. The highest BCUT2D eigenvalue weighted by atomic mass is 79.9. The van der Waals surface area contributed by atoms with Crippen molar-refractivity contribution in [2.24, 2.45) is 0 Å². The third-order valence-electron chi connectivity index (χ3n) is 4.94. The number of pyridine rings is 1. The summed E-state index contributed by atoms with van der Waals surface area (Å²) >= 11 is 3.25. The average Bonchev–Trinajstić information content (AvgIpc) is 2.74. The molecule has 1 amide bonds. The lowest BCUT2D eigenvalue weighted by Gasteiger charge is -2.17. The van der Waals surface area contributed by atoms with Gasteiger partial charge in [0.1, 0.15) is 34.1 Å². The number of carbonyl (C=O) groups excluding carboxylic acids is 1. The molecule has 0 unspecified atom stereocenters. The molecule has 2 aromatic carbocycles. The number of hydrogen-bond acceptors (Lipinski definition) is 4. The number of H-pyrrole nitrogens is 1. The van der Waals surface area contributed by atoms with Gasteiger partial charge in [0.15, 0.2) is 0 Å². The number of benzene rings is 2. The summed E-state index contributed by atoms with van der Waals surface area (Å²) in [6, 6.07) is 10.4. The minimum absolute atomic E-state index is 0.144. The smallest absolute Gasteiger partial charge is 0.266 e. The normalized spacial score (nSPS) is 11.4. The van der Waals surface area contributed by atoms with Gasteiger partial charge in [-0.2, -0.15) is 0 Å². The Bertz CT molecular complexity index is 1230. The summed E-state index contributed by atoms with van der Waals surface area (Å²) in [5.41, 5.74) is 0.916. The highest BCUT2D eigenvalue weighted by Gasteiger charge is 2.23. The molecular weight excluding hydrogens is 498 g/mol. The second kappa shape index (κ2) is 9.84. The molecule has 1 aromatic heterocycles. The summed E-state index contributed by atoms with van der Waals surface area (Å²) in [6.07, 6.45) is 0. The molecule has 3 N–H and O–H groups in total. The van der Waals surface area contributed by atoms with Crippen LogP contribution in [-0.4, -0.2) is 21.6 Å². The van der Waals surface area contributed by atoms with E-state index in [1.807, 2.05) is 0 Å². The highest BCUT2D eigenvalue weighted by molar-refractivity contribution is 9.10. The predicted molar refractivity (Wildman–Crippen MR) is 124 cm³/mol. The Hall–Kier alpha value is -3.04. The van der Waals surface area contributed by atoms with Gasteiger partial charge in [0.25, 0.3) is 11.5 Å². The van der Waals surface area contributed by atoms with Gasteiger partial charge in [-0.15, -0.1) is 0 Å². The molecule has 0 aliphatic carbocycles. The van der Waals surface area contributed by atoms with Crippen molar-refractivity contribution < 1.29 is 23.4 Å². The van der Waals surface area contributed by atoms with Crippen LogP contribution in [0.15, 0.2) is 51.7 Å². The zero-order valence-electron chi connectivity index (χ0n) is 18.3. The summed E-state index contributed by atoms with van der Waals surface area (Å²) < 4.78 is 33.2. The van der Waals surface area contributed by atoms with Crippen LogP contribution in [0.4, 0.5) is 8.78 Å². The molecule has 0 saturated carbocycles. The number of hydrogen-bond donors (Lipinski definition) is 3. The monoisotopic (exact) mass is 520 g/mol. The maximum Gasteiger partial charge on any atom is 0.266 e. The largest absolute Gasteiger partial charge is 0.487 e. The summed E-state index contributed by atoms with van der Waals surface area (Å²) in [7, 11) is 0. The number of halogens is 3. The molecular formula is C24H23BrF2N2O4. The van der Waals surface area contributed by atoms with E-state index in [2.05, 4.69) is 26.2 Å². The molecule has 0 fully saturated rings. The molecule has 0 aliphatic heterocycles. The number of carbonyl (C=O) groups is 1. The molecule has 3 aromatic rings. The summed E-state index contributed by atoms with van der Waals surface area (Å²) in [5.74, 6) is -1.70. The van der Waals surface area contributed by atoms with Crippen LogP contribution in [0.3, 0.4) is 0 Å². The van der Waals surface area contributed by atoms with E-state index in [-0.39, 0.29) is 28.9 Å². The Kier molecular flexibility index (Phi) is 7.34. The molecule has 174 valence electrons. The van der Waals surface area contributed by atoms with E-state index in [0.29, 0.717) is 11.3 Å². The average molecular weight is 521 g/mol. The van der Waals surface area contributed by atoms with Crippen molar-refractivity contribution in [3.05, 3.63) is 85.7 Å². The molecule has 0 bridgehead atoms. The molecule has 3 rings (SSSR count). The fourth-order valence-electron chi connectivity index (χ4n) is 3.13. The van der Waals surface area contributed by atoms with Crippen molar-refractivity contribution in [1.29, 1.82) is 0 Å². The molecule has 0 radical (unpaired) electrons. The van der Waals surface area contributed by atoms with Gasteiger partial charge in [0, 0.05) is 29.4 Å². The third kappa shape index (κ3) is 5.85. The van der Waals surface area contributed by atoms with Gasteiger partial charge in [-0.3, -0.25) is 9.59 Å². The fourth-order valence-corrected chi connectivity index (χ4v) is 3.54. The lowest BCUT2D eigenvalue weighted by atomic mass is 10.0. The van der Waals surface area contributed by atoms with E-state index in [4.69, 9.17) is 4.74 Å². The number of amides is 1. The quantitative estimate of drug-likeness (QED) is 0.431. The van der Waals surface area contributed by atoms with Crippen LogP contribution in [0.5, 0.6) is 5.75 Å². The van der Waals surface area contributed by atoms with Crippen molar-refractivity contribution in [2.75, 3.05) is 0 Å². The van der Waals surface area contributed by atoms with Gasteiger partial charge < -0.3 is 20.1 Å². The molecule has 1 heterocycles. The first-order valence-electron chi connectivity index (χ1n) is 10.1. The SMILES string of the molecule is Cc1[nH]c(=O)c(Br)c(OCc2ccc(F)cc2F)c1-c1ccc(CNC(=O)C(C)(C)O)cc1. The topological polar surface area (TPSA) is 91.4 Å². The summed E-state index contributed by atoms with van der Waals surface area (Å²) in [4.78, 5) is 26.9. The summed E-state index contributed by atoms with van der Waals surface area (Å²) in [6.45, 7) is 4.54. The van der Waals surface area contributed by atoms with Crippen LogP contribution in [0, 0.1) is 18.6 Å². The van der Waals surface area contributed by atoms with E-state index in [9.17, 15) is 23.5 Å². The van der Waals surface area contributed by atoms with Crippen LogP contribution in [-0.2, 0) is 17.9 Å². The minimum atomic E-state index is -1.48. The van der Waals surface area contributed by atoms with Gasteiger partial charge in [-0.25, -0.2) is 8.78 Å². The second-order valence-corrected chi connectivity index (χ2v) is 8.85. The maximum atomic E-state index is 14.0. The van der Waals surface area contributed by atoms with Crippen LogP contribution >= 0.6 is 15.9 Å². The first kappa shape index (κ1) is 24.6. The van der Waals surface area contributed by atoms with E-state index in [0.717, 1.165) is 23.3 Å². The van der Waals surface area contributed by atoms with E-state index < -0.39 is 28.7 Å². The van der Waals surface area contributed by atoms with Crippen molar-refractivity contribution in [1.82, 2.24) is 10.3 Å².